The van der Waals surface area contributed by atoms with Crippen LogP contribution in [0, 0.1) is 11.3 Å². The molecule has 0 radical (unpaired) electrons. The van der Waals surface area contributed by atoms with Crippen molar-refractivity contribution in [3.63, 3.8) is 0 Å². The third kappa shape index (κ3) is 3.60. The molecule has 0 N–H and O–H groups in total. The van der Waals surface area contributed by atoms with E-state index in [1.807, 2.05) is 0 Å². The smallest absolute Gasteiger partial charge is 0.136 e. The van der Waals surface area contributed by atoms with E-state index in [4.69, 9.17) is 4.74 Å². The molecule has 2 heteroatoms. The number of ketones is 1. The molecule has 0 aromatic rings. The number of Topliss-reactive ketones (excluding diaryl/α,β-unsaturated/α-hetero) is 1. The second-order valence-electron chi connectivity index (χ2n) is 5.35. The molecule has 0 amide bonds. The average Bonchev–Trinajstić information content (AvgIpc) is 2.17. The maximum Gasteiger partial charge on any atom is 0.136 e. The second kappa shape index (κ2) is 5.64. The summed E-state index contributed by atoms with van der Waals surface area (Å²) in [6.45, 7) is 5.19. The fourth-order valence-corrected chi connectivity index (χ4v) is 2.66. The molecule has 1 unspecified atom stereocenters. The van der Waals surface area contributed by atoms with Gasteiger partial charge in [0.25, 0.3) is 0 Å². The lowest BCUT2D eigenvalue weighted by atomic mass is 9.66. The number of carbonyl (C=O) groups excluding carboxylic acids is 1. The van der Waals surface area contributed by atoms with E-state index in [0.29, 0.717) is 24.7 Å². The molecule has 0 spiro atoms. The Bertz CT molecular complexity index is 209. The first-order valence-electron chi connectivity index (χ1n) is 6.09. The molecule has 0 heterocycles. The highest BCUT2D eigenvalue weighted by Crippen LogP contribution is 2.41. The van der Waals surface area contributed by atoms with Gasteiger partial charge in [-0.15, -0.1) is 0 Å². The van der Waals surface area contributed by atoms with Gasteiger partial charge in [0.2, 0.25) is 0 Å². The predicted octanol–water partition coefficient (Wildman–Crippen LogP) is 3.20. The predicted molar refractivity (Wildman–Crippen MR) is 61.9 cm³/mol. The van der Waals surface area contributed by atoms with Crippen molar-refractivity contribution in [1.29, 1.82) is 0 Å². The van der Waals surface area contributed by atoms with E-state index in [2.05, 4.69) is 13.8 Å². The van der Waals surface area contributed by atoms with Crippen molar-refractivity contribution < 1.29 is 9.53 Å². The third-order valence-corrected chi connectivity index (χ3v) is 3.67. The fourth-order valence-electron chi connectivity index (χ4n) is 2.66. The van der Waals surface area contributed by atoms with Crippen LogP contribution in [0.5, 0.6) is 0 Å². The van der Waals surface area contributed by atoms with Crippen molar-refractivity contribution in [2.75, 3.05) is 13.7 Å². The molecule has 1 aliphatic carbocycles. The lowest BCUT2D eigenvalue weighted by molar-refractivity contribution is -0.128. The monoisotopic (exact) mass is 212 g/mol. The van der Waals surface area contributed by atoms with Gasteiger partial charge in [-0.05, 0) is 24.7 Å². The van der Waals surface area contributed by atoms with Crippen molar-refractivity contribution >= 4 is 5.78 Å². The van der Waals surface area contributed by atoms with Gasteiger partial charge in [0.1, 0.15) is 5.78 Å². The van der Waals surface area contributed by atoms with Crippen molar-refractivity contribution in [1.82, 2.24) is 0 Å². The summed E-state index contributed by atoms with van der Waals surface area (Å²) in [5.41, 5.74) is 0.225. The maximum absolute atomic E-state index is 12.0. The number of rotatable bonds is 5. The molecule has 2 nitrogen and oxygen atoms in total. The van der Waals surface area contributed by atoms with Crippen LogP contribution < -0.4 is 0 Å². The zero-order chi connectivity index (χ0) is 11.3. The van der Waals surface area contributed by atoms with Gasteiger partial charge in [0.05, 0.1) is 0 Å². The largest absolute Gasteiger partial charge is 0.385 e. The van der Waals surface area contributed by atoms with Crippen LogP contribution in [0.15, 0.2) is 0 Å². The van der Waals surface area contributed by atoms with Crippen LogP contribution in [0.1, 0.15) is 52.4 Å². The summed E-state index contributed by atoms with van der Waals surface area (Å²) in [6.07, 6.45) is 6.38. The summed E-state index contributed by atoms with van der Waals surface area (Å²) in [5, 5.41) is 0. The Morgan fingerprint density at radius 2 is 2.13 bits per heavy atom. The quantitative estimate of drug-likeness (QED) is 0.654. The van der Waals surface area contributed by atoms with E-state index < -0.39 is 0 Å². The Hall–Kier alpha value is -0.370. The molecule has 0 bridgehead atoms. The minimum atomic E-state index is 0.225. The maximum atomic E-state index is 12.0. The van der Waals surface area contributed by atoms with Crippen LogP contribution in [-0.4, -0.2) is 19.5 Å². The van der Waals surface area contributed by atoms with E-state index in [-0.39, 0.29) is 5.41 Å². The number of carbonyl (C=O) groups is 1. The summed E-state index contributed by atoms with van der Waals surface area (Å²) in [7, 11) is 1.69. The standard InChI is InChI=1S/C13H24O2/c1-13(2)9-5-4-7-11(13)12(14)8-6-10-15-3/h11H,4-10H2,1-3H3. The first-order valence-corrected chi connectivity index (χ1v) is 6.09. The molecule has 1 atom stereocenters. The zero-order valence-electron chi connectivity index (χ0n) is 10.3. The Balaban J connectivity index is 2.42. The minimum absolute atomic E-state index is 0.225. The van der Waals surface area contributed by atoms with Gasteiger partial charge in [-0.3, -0.25) is 4.79 Å². The molecular weight excluding hydrogens is 188 g/mol. The van der Waals surface area contributed by atoms with E-state index in [1.165, 1.54) is 19.3 Å². The molecular formula is C13H24O2. The highest BCUT2D eigenvalue weighted by atomic mass is 16.5. The van der Waals surface area contributed by atoms with Crippen LogP contribution >= 0.6 is 0 Å². The Morgan fingerprint density at radius 1 is 1.40 bits per heavy atom. The topological polar surface area (TPSA) is 26.3 Å². The SMILES string of the molecule is COCCCC(=O)C1CCCCC1(C)C. The fraction of sp³-hybridized carbons (Fsp3) is 0.923. The van der Waals surface area contributed by atoms with Crippen molar-refractivity contribution in [2.24, 2.45) is 11.3 Å². The average molecular weight is 212 g/mol. The molecule has 1 rings (SSSR count). The van der Waals surface area contributed by atoms with E-state index >= 15 is 0 Å². The third-order valence-electron chi connectivity index (χ3n) is 3.67. The summed E-state index contributed by atoms with van der Waals surface area (Å²) >= 11 is 0. The summed E-state index contributed by atoms with van der Waals surface area (Å²) in [5.74, 6) is 0.750. The molecule has 0 aromatic heterocycles. The molecule has 15 heavy (non-hydrogen) atoms. The Labute approximate surface area is 93.4 Å². The Morgan fingerprint density at radius 3 is 2.73 bits per heavy atom. The number of methoxy groups -OCH3 is 1. The number of ether oxygens (including phenoxy) is 1. The highest BCUT2D eigenvalue weighted by molar-refractivity contribution is 5.81. The molecule has 1 aliphatic rings. The minimum Gasteiger partial charge on any atom is -0.385 e. The molecule has 0 aromatic carbocycles. The van der Waals surface area contributed by atoms with Gasteiger partial charge in [-0.2, -0.15) is 0 Å². The normalized spacial score (nSPS) is 25.1. The summed E-state index contributed by atoms with van der Waals surface area (Å²) < 4.78 is 4.98. The molecule has 0 aliphatic heterocycles. The molecule has 1 saturated carbocycles. The molecule has 0 saturated heterocycles. The van der Waals surface area contributed by atoms with Crippen molar-refractivity contribution in [3.05, 3.63) is 0 Å². The summed E-state index contributed by atoms with van der Waals surface area (Å²) in [4.78, 5) is 12.0. The van der Waals surface area contributed by atoms with Crippen molar-refractivity contribution in [2.45, 2.75) is 52.4 Å². The number of hydrogen-bond acceptors (Lipinski definition) is 2. The lowest BCUT2D eigenvalue weighted by Gasteiger charge is -2.37. The summed E-state index contributed by atoms with van der Waals surface area (Å²) in [6, 6.07) is 0. The van der Waals surface area contributed by atoms with Gasteiger partial charge >= 0.3 is 0 Å². The first-order chi connectivity index (χ1) is 7.08. The van der Waals surface area contributed by atoms with Crippen LogP contribution in [0.25, 0.3) is 0 Å². The van der Waals surface area contributed by atoms with E-state index in [1.54, 1.807) is 7.11 Å². The van der Waals surface area contributed by atoms with Crippen LogP contribution in [0.4, 0.5) is 0 Å². The first kappa shape index (κ1) is 12.7. The van der Waals surface area contributed by atoms with E-state index in [0.717, 1.165) is 12.8 Å². The second-order valence-corrected chi connectivity index (χ2v) is 5.35. The molecule has 88 valence electrons. The van der Waals surface area contributed by atoms with Gasteiger partial charge in [0, 0.05) is 26.1 Å². The van der Waals surface area contributed by atoms with Gasteiger partial charge in [-0.1, -0.05) is 26.7 Å². The van der Waals surface area contributed by atoms with Crippen molar-refractivity contribution in [3.8, 4) is 0 Å². The van der Waals surface area contributed by atoms with Gasteiger partial charge in [-0.25, -0.2) is 0 Å². The van der Waals surface area contributed by atoms with Crippen LogP contribution in [0.2, 0.25) is 0 Å². The van der Waals surface area contributed by atoms with Gasteiger partial charge < -0.3 is 4.74 Å². The van der Waals surface area contributed by atoms with Gasteiger partial charge in [0.15, 0.2) is 0 Å². The van der Waals surface area contributed by atoms with Crippen LogP contribution in [0.3, 0.4) is 0 Å². The van der Waals surface area contributed by atoms with Crippen LogP contribution in [-0.2, 0) is 9.53 Å². The molecule has 1 fully saturated rings. The van der Waals surface area contributed by atoms with E-state index in [9.17, 15) is 4.79 Å². The Kier molecular flexibility index (Phi) is 4.78. The number of hydrogen-bond donors (Lipinski definition) is 0. The zero-order valence-corrected chi connectivity index (χ0v) is 10.3. The highest BCUT2D eigenvalue weighted by Gasteiger charge is 2.36. The lowest BCUT2D eigenvalue weighted by Crippen LogP contribution is -2.34.